The molecule has 21 heavy (non-hydrogen) atoms. The van der Waals surface area contributed by atoms with Gasteiger partial charge in [0.2, 0.25) is 0 Å². The van der Waals surface area contributed by atoms with E-state index < -0.39 is 11.7 Å². The van der Waals surface area contributed by atoms with Crippen molar-refractivity contribution in [3.63, 3.8) is 0 Å². The van der Waals surface area contributed by atoms with E-state index in [-0.39, 0.29) is 0 Å². The van der Waals surface area contributed by atoms with Crippen molar-refractivity contribution in [1.82, 2.24) is 4.98 Å². The molecule has 1 aromatic rings. The van der Waals surface area contributed by atoms with Crippen molar-refractivity contribution in [2.24, 2.45) is 0 Å². The van der Waals surface area contributed by atoms with Gasteiger partial charge in [-0.3, -0.25) is 5.32 Å². The number of anilines is 2. The maximum atomic E-state index is 11.7. The van der Waals surface area contributed by atoms with Crippen LogP contribution >= 0.6 is 0 Å². The lowest BCUT2D eigenvalue weighted by molar-refractivity contribution is 0.0635. The number of nitrogens with one attached hydrogen (secondary N) is 1. The van der Waals surface area contributed by atoms with E-state index in [4.69, 9.17) is 4.74 Å². The Labute approximate surface area is 127 Å². The van der Waals surface area contributed by atoms with E-state index >= 15 is 0 Å². The third kappa shape index (κ3) is 6.47. The summed E-state index contributed by atoms with van der Waals surface area (Å²) in [5.41, 5.74) is 0.566. The first-order valence-corrected chi connectivity index (χ1v) is 7.56. The molecule has 0 saturated heterocycles. The first-order valence-electron chi connectivity index (χ1n) is 7.56. The second-order valence-electron chi connectivity index (χ2n) is 6.02. The summed E-state index contributed by atoms with van der Waals surface area (Å²) in [5, 5.41) is 2.64. The number of aromatic nitrogens is 1. The Bertz CT molecular complexity index is 432. The lowest BCUT2D eigenvalue weighted by Gasteiger charge is -2.23. The van der Waals surface area contributed by atoms with Gasteiger partial charge in [-0.1, -0.05) is 13.8 Å². The molecule has 0 spiro atoms. The highest BCUT2D eigenvalue weighted by atomic mass is 16.6. The fourth-order valence-corrected chi connectivity index (χ4v) is 1.97. The molecule has 0 atom stereocenters. The fourth-order valence-electron chi connectivity index (χ4n) is 1.97. The molecule has 0 aliphatic rings. The standard InChI is InChI=1S/C16H27N3O2/c1-6-10-19(11-7-2)13-8-9-14(17-12-13)18-15(20)21-16(3,4)5/h8-9,12H,6-7,10-11H2,1-5H3,(H,17,18,20). The lowest BCUT2D eigenvalue weighted by Crippen LogP contribution is -2.27. The molecule has 5 heteroatoms. The molecular formula is C16H27N3O2. The van der Waals surface area contributed by atoms with Gasteiger partial charge in [-0.15, -0.1) is 0 Å². The van der Waals surface area contributed by atoms with Crippen LogP contribution in [0.2, 0.25) is 0 Å². The van der Waals surface area contributed by atoms with Gasteiger partial charge >= 0.3 is 6.09 Å². The smallest absolute Gasteiger partial charge is 0.413 e. The highest BCUT2D eigenvalue weighted by molar-refractivity contribution is 5.83. The molecule has 5 nitrogen and oxygen atoms in total. The predicted octanol–water partition coefficient (Wildman–Crippen LogP) is 4.06. The van der Waals surface area contributed by atoms with Crippen LogP contribution in [0, 0.1) is 0 Å². The zero-order valence-corrected chi connectivity index (χ0v) is 13.8. The average molecular weight is 293 g/mol. The molecule has 0 bridgehead atoms. The second kappa shape index (κ2) is 7.86. The van der Waals surface area contributed by atoms with Crippen molar-refractivity contribution in [3.05, 3.63) is 18.3 Å². The van der Waals surface area contributed by atoms with Crippen molar-refractivity contribution in [1.29, 1.82) is 0 Å². The van der Waals surface area contributed by atoms with Crippen LogP contribution in [0.3, 0.4) is 0 Å². The summed E-state index contributed by atoms with van der Waals surface area (Å²) in [5.74, 6) is 0.501. The molecule has 1 N–H and O–H groups in total. The van der Waals surface area contributed by atoms with Crippen LogP contribution in [-0.4, -0.2) is 29.8 Å². The zero-order valence-electron chi connectivity index (χ0n) is 13.8. The number of nitrogens with zero attached hydrogens (tertiary/aromatic N) is 2. The van der Waals surface area contributed by atoms with E-state index in [1.54, 1.807) is 12.3 Å². The molecule has 0 radical (unpaired) electrons. The summed E-state index contributed by atoms with van der Waals surface area (Å²) in [6, 6.07) is 3.78. The van der Waals surface area contributed by atoms with E-state index in [0.29, 0.717) is 5.82 Å². The average Bonchev–Trinajstić information content (AvgIpc) is 2.37. The van der Waals surface area contributed by atoms with Crippen LogP contribution in [0.25, 0.3) is 0 Å². The minimum Gasteiger partial charge on any atom is -0.444 e. The number of pyridine rings is 1. The topological polar surface area (TPSA) is 54.5 Å². The summed E-state index contributed by atoms with van der Waals surface area (Å²) < 4.78 is 5.20. The summed E-state index contributed by atoms with van der Waals surface area (Å²) in [4.78, 5) is 18.2. The van der Waals surface area contributed by atoms with Crippen molar-refractivity contribution in [2.45, 2.75) is 53.1 Å². The number of hydrogen-bond acceptors (Lipinski definition) is 4. The van der Waals surface area contributed by atoms with Gasteiger partial charge in [-0.25, -0.2) is 9.78 Å². The van der Waals surface area contributed by atoms with Crippen LogP contribution in [0.4, 0.5) is 16.3 Å². The van der Waals surface area contributed by atoms with E-state index in [1.807, 2.05) is 26.8 Å². The molecule has 0 unspecified atom stereocenters. The largest absolute Gasteiger partial charge is 0.444 e. The highest BCUT2D eigenvalue weighted by Gasteiger charge is 2.16. The Morgan fingerprint density at radius 1 is 1.24 bits per heavy atom. The molecule has 0 aliphatic heterocycles. The zero-order chi connectivity index (χ0) is 15.9. The highest BCUT2D eigenvalue weighted by Crippen LogP contribution is 2.17. The van der Waals surface area contributed by atoms with Gasteiger partial charge in [-0.05, 0) is 45.7 Å². The van der Waals surface area contributed by atoms with Crippen LogP contribution in [-0.2, 0) is 4.74 Å². The third-order valence-electron chi connectivity index (χ3n) is 2.73. The minimum absolute atomic E-state index is 0.485. The molecule has 118 valence electrons. The maximum absolute atomic E-state index is 11.7. The summed E-state index contributed by atoms with van der Waals surface area (Å²) in [6.07, 6.45) is 3.50. The van der Waals surface area contributed by atoms with Crippen LogP contribution in [0.5, 0.6) is 0 Å². The van der Waals surface area contributed by atoms with E-state index in [2.05, 4.69) is 29.0 Å². The molecule has 0 aromatic carbocycles. The van der Waals surface area contributed by atoms with Crippen molar-refractivity contribution >= 4 is 17.6 Å². The maximum Gasteiger partial charge on any atom is 0.413 e. The molecule has 0 aliphatic carbocycles. The number of carbonyl (C=O) groups excluding carboxylic acids is 1. The number of rotatable bonds is 6. The van der Waals surface area contributed by atoms with Crippen molar-refractivity contribution in [2.75, 3.05) is 23.3 Å². The first-order chi connectivity index (χ1) is 9.85. The number of carbonyl (C=O) groups is 1. The molecule has 1 amide bonds. The third-order valence-corrected chi connectivity index (χ3v) is 2.73. The summed E-state index contributed by atoms with van der Waals surface area (Å²) >= 11 is 0. The number of amides is 1. The van der Waals surface area contributed by atoms with Gasteiger partial charge in [0.05, 0.1) is 11.9 Å². The van der Waals surface area contributed by atoms with Gasteiger partial charge in [-0.2, -0.15) is 0 Å². The van der Waals surface area contributed by atoms with Crippen LogP contribution in [0.1, 0.15) is 47.5 Å². The quantitative estimate of drug-likeness (QED) is 0.859. The minimum atomic E-state index is -0.511. The van der Waals surface area contributed by atoms with Gasteiger partial charge in [0, 0.05) is 13.1 Å². The summed E-state index contributed by atoms with van der Waals surface area (Å²) in [6.45, 7) is 11.8. The van der Waals surface area contributed by atoms with E-state index in [0.717, 1.165) is 31.6 Å². The van der Waals surface area contributed by atoms with Gasteiger partial charge in [0.1, 0.15) is 11.4 Å². The molecule has 1 rings (SSSR count). The normalized spacial score (nSPS) is 11.1. The first kappa shape index (κ1) is 17.3. The second-order valence-corrected chi connectivity index (χ2v) is 6.02. The number of ether oxygens (including phenoxy) is 1. The van der Waals surface area contributed by atoms with Crippen LogP contribution < -0.4 is 10.2 Å². The Morgan fingerprint density at radius 3 is 2.29 bits per heavy atom. The van der Waals surface area contributed by atoms with Crippen molar-refractivity contribution in [3.8, 4) is 0 Å². The van der Waals surface area contributed by atoms with Gasteiger partial charge < -0.3 is 9.64 Å². The van der Waals surface area contributed by atoms with Gasteiger partial charge in [0.15, 0.2) is 0 Å². The van der Waals surface area contributed by atoms with E-state index in [9.17, 15) is 4.79 Å². The molecule has 1 heterocycles. The monoisotopic (exact) mass is 293 g/mol. The Morgan fingerprint density at radius 2 is 1.86 bits per heavy atom. The predicted molar refractivity (Wildman–Crippen MR) is 86.9 cm³/mol. The fraction of sp³-hybridized carbons (Fsp3) is 0.625. The Balaban J connectivity index is 2.66. The van der Waals surface area contributed by atoms with Crippen LogP contribution in [0.15, 0.2) is 18.3 Å². The molecule has 0 saturated carbocycles. The SMILES string of the molecule is CCCN(CCC)c1ccc(NC(=O)OC(C)(C)C)nc1. The summed E-state index contributed by atoms with van der Waals surface area (Å²) in [7, 11) is 0. The molecule has 0 fully saturated rings. The number of hydrogen-bond donors (Lipinski definition) is 1. The lowest BCUT2D eigenvalue weighted by atomic mass is 10.2. The van der Waals surface area contributed by atoms with E-state index in [1.165, 1.54) is 0 Å². The Hall–Kier alpha value is -1.78. The van der Waals surface area contributed by atoms with Crippen molar-refractivity contribution < 1.29 is 9.53 Å². The molecule has 1 aromatic heterocycles. The Kier molecular flexibility index (Phi) is 6.46. The van der Waals surface area contributed by atoms with Gasteiger partial charge in [0.25, 0.3) is 0 Å². The molecular weight excluding hydrogens is 266 g/mol.